The van der Waals surface area contributed by atoms with Crippen molar-refractivity contribution in [3.05, 3.63) is 164 Å². The fourth-order valence-electron chi connectivity index (χ4n) is 7.02. The lowest BCUT2D eigenvalue weighted by Gasteiger charge is -2.12. The molecule has 0 bridgehead atoms. The third-order valence-electron chi connectivity index (χ3n) is 9.42. The second-order valence-electron chi connectivity index (χ2n) is 12.4. The van der Waals surface area contributed by atoms with Gasteiger partial charge in [-0.15, -0.1) is 11.3 Å². The van der Waals surface area contributed by atoms with Crippen molar-refractivity contribution in [2.24, 2.45) is 0 Å². The molecule has 4 heterocycles. The number of hydrogen-bond acceptors (Lipinski definition) is 5. The number of nitrogens with zero attached hydrogens (tertiary/aromatic N) is 3. The minimum absolute atomic E-state index is 0.664. The molecule has 0 fully saturated rings. The van der Waals surface area contributed by atoms with Crippen molar-refractivity contribution in [1.29, 1.82) is 0 Å². The van der Waals surface area contributed by atoms with Crippen LogP contribution < -0.4 is 0 Å². The van der Waals surface area contributed by atoms with Crippen LogP contribution in [0.4, 0.5) is 0 Å². The van der Waals surface area contributed by atoms with Gasteiger partial charge in [0.25, 0.3) is 0 Å². The molecular formula is C45H27N3OS. The molecule has 0 spiro atoms. The van der Waals surface area contributed by atoms with Crippen LogP contribution in [0.5, 0.6) is 0 Å². The lowest BCUT2D eigenvalue weighted by atomic mass is 9.95. The topological polar surface area (TPSA) is 51.8 Å². The SMILES string of the molecule is c1ccc(-c2cc(-c3ccc(-c4ccc5sc6ccccc6c5c4)c4oc5ccccc5c34)nc(-c3cccc(-c4ccncc4)c3)n2)cc1. The van der Waals surface area contributed by atoms with Crippen LogP contribution in [-0.2, 0) is 0 Å². The van der Waals surface area contributed by atoms with E-state index in [1.54, 1.807) is 0 Å². The van der Waals surface area contributed by atoms with Gasteiger partial charge >= 0.3 is 0 Å². The molecule has 0 radical (unpaired) electrons. The predicted molar refractivity (Wildman–Crippen MR) is 207 cm³/mol. The molecule has 0 atom stereocenters. The largest absolute Gasteiger partial charge is 0.455 e. The van der Waals surface area contributed by atoms with Crippen LogP contribution in [0.3, 0.4) is 0 Å². The fourth-order valence-corrected chi connectivity index (χ4v) is 8.10. The van der Waals surface area contributed by atoms with Crippen molar-refractivity contribution in [3.8, 4) is 56.2 Å². The number of para-hydroxylation sites is 1. The Morgan fingerprint density at radius 3 is 2.06 bits per heavy atom. The van der Waals surface area contributed by atoms with Gasteiger partial charge in [0, 0.05) is 65.6 Å². The highest BCUT2D eigenvalue weighted by Gasteiger charge is 2.20. The number of fused-ring (bicyclic) bond motifs is 6. The first-order valence-electron chi connectivity index (χ1n) is 16.6. The quantitative estimate of drug-likeness (QED) is 0.185. The van der Waals surface area contributed by atoms with Crippen molar-refractivity contribution in [2.75, 3.05) is 0 Å². The summed E-state index contributed by atoms with van der Waals surface area (Å²) in [7, 11) is 0. The van der Waals surface area contributed by atoms with Crippen molar-refractivity contribution >= 4 is 53.4 Å². The van der Waals surface area contributed by atoms with Crippen LogP contribution in [0.1, 0.15) is 0 Å². The first kappa shape index (κ1) is 28.6. The molecule has 10 rings (SSSR count). The highest BCUT2D eigenvalue weighted by atomic mass is 32.1. The van der Waals surface area contributed by atoms with E-state index in [0.717, 1.165) is 72.3 Å². The Kier molecular flexibility index (Phi) is 6.64. The molecule has 10 aromatic rings. The Morgan fingerprint density at radius 1 is 0.440 bits per heavy atom. The summed E-state index contributed by atoms with van der Waals surface area (Å²) in [6.07, 6.45) is 3.63. The van der Waals surface area contributed by atoms with E-state index in [1.165, 1.54) is 20.2 Å². The highest BCUT2D eigenvalue weighted by Crippen LogP contribution is 2.44. The van der Waals surface area contributed by atoms with E-state index in [0.29, 0.717) is 5.82 Å². The summed E-state index contributed by atoms with van der Waals surface area (Å²) in [4.78, 5) is 14.6. The summed E-state index contributed by atoms with van der Waals surface area (Å²) in [5.41, 5.74) is 10.7. The Morgan fingerprint density at radius 2 is 1.16 bits per heavy atom. The van der Waals surface area contributed by atoms with Gasteiger partial charge in [0.15, 0.2) is 5.82 Å². The molecule has 0 saturated heterocycles. The number of benzene rings is 6. The Labute approximate surface area is 292 Å². The number of rotatable bonds is 5. The minimum Gasteiger partial charge on any atom is -0.455 e. The molecular weight excluding hydrogens is 631 g/mol. The van der Waals surface area contributed by atoms with Gasteiger partial charge in [0.05, 0.1) is 11.4 Å². The molecule has 234 valence electrons. The summed E-state index contributed by atoms with van der Waals surface area (Å²) in [5, 5.41) is 4.64. The molecule has 0 aliphatic rings. The van der Waals surface area contributed by atoms with E-state index >= 15 is 0 Å². The van der Waals surface area contributed by atoms with Gasteiger partial charge in [-0.2, -0.15) is 0 Å². The number of pyridine rings is 1. The van der Waals surface area contributed by atoms with Gasteiger partial charge < -0.3 is 4.42 Å². The Bertz CT molecular complexity index is 2870. The molecule has 0 aliphatic carbocycles. The summed E-state index contributed by atoms with van der Waals surface area (Å²) in [6, 6.07) is 52.9. The zero-order valence-corrected chi connectivity index (χ0v) is 27.6. The summed E-state index contributed by atoms with van der Waals surface area (Å²) < 4.78 is 9.31. The molecule has 0 N–H and O–H groups in total. The lowest BCUT2D eigenvalue weighted by molar-refractivity contribution is 0.670. The van der Waals surface area contributed by atoms with Gasteiger partial charge in [-0.3, -0.25) is 4.98 Å². The third kappa shape index (κ3) is 4.79. The summed E-state index contributed by atoms with van der Waals surface area (Å²) >= 11 is 1.83. The molecule has 0 saturated carbocycles. The van der Waals surface area contributed by atoms with Crippen molar-refractivity contribution in [1.82, 2.24) is 15.0 Å². The number of furan rings is 1. The molecule has 50 heavy (non-hydrogen) atoms. The third-order valence-corrected chi connectivity index (χ3v) is 10.6. The van der Waals surface area contributed by atoms with E-state index in [1.807, 2.05) is 66.2 Å². The maximum absolute atomic E-state index is 6.73. The van der Waals surface area contributed by atoms with E-state index in [9.17, 15) is 0 Å². The van der Waals surface area contributed by atoms with Crippen molar-refractivity contribution in [2.45, 2.75) is 0 Å². The van der Waals surface area contributed by atoms with Crippen LogP contribution in [0.25, 0.3) is 98.3 Å². The molecule has 0 aliphatic heterocycles. The van der Waals surface area contributed by atoms with Crippen molar-refractivity contribution in [3.63, 3.8) is 0 Å². The first-order valence-corrected chi connectivity index (χ1v) is 17.4. The minimum atomic E-state index is 0.664. The van der Waals surface area contributed by atoms with E-state index in [2.05, 4.69) is 114 Å². The smallest absolute Gasteiger partial charge is 0.160 e. The van der Waals surface area contributed by atoms with Gasteiger partial charge in [-0.05, 0) is 71.3 Å². The van der Waals surface area contributed by atoms with E-state index in [4.69, 9.17) is 14.4 Å². The second-order valence-corrected chi connectivity index (χ2v) is 13.5. The molecule has 4 aromatic heterocycles. The highest BCUT2D eigenvalue weighted by molar-refractivity contribution is 7.25. The standard InChI is InChI=1S/C45H27N3OS/c1-2-9-29(10-3-1)38-27-39(48-45(47-38)32-12-8-11-30(25-32)28-21-23-46-24-22-28)35-19-18-33(44-43(35)36-14-4-6-15-40(36)49-44)31-17-20-42-37(26-31)34-13-5-7-16-41(34)50-42/h1-27H. The lowest BCUT2D eigenvalue weighted by Crippen LogP contribution is -1.97. The van der Waals surface area contributed by atoms with Gasteiger partial charge in [0.1, 0.15) is 11.2 Å². The maximum atomic E-state index is 6.73. The first-order chi connectivity index (χ1) is 24.8. The average Bonchev–Trinajstić information content (AvgIpc) is 3.77. The monoisotopic (exact) mass is 657 g/mol. The molecule has 0 unspecified atom stereocenters. The number of hydrogen-bond donors (Lipinski definition) is 0. The number of thiophene rings is 1. The summed E-state index contributed by atoms with van der Waals surface area (Å²) in [5.74, 6) is 0.664. The number of aromatic nitrogens is 3. The van der Waals surface area contributed by atoms with Crippen LogP contribution >= 0.6 is 11.3 Å². The molecule has 6 aromatic carbocycles. The second kappa shape index (κ2) is 11.6. The van der Waals surface area contributed by atoms with Crippen LogP contribution in [0.15, 0.2) is 168 Å². The van der Waals surface area contributed by atoms with E-state index in [-0.39, 0.29) is 0 Å². The van der Waals surface area contributed by atoms with Gasteiger partial charge in [0.2, 0.25) is 0 Å². The average molecular weight is 658 g/mol. The van der Waals surface area contributed by atoms with E-state index < -0.39 is 0 Å². The van der Waals surface area contributed by atoms with Crippen molar-refractivity contribution < 1.29 is 4.42 Å². The molecule has 0 amide bonds. The zero-order chi connectivity index (χ0) is 33.0. The van der Waals surface area contributed by atoms with Gasteiger partial charge in [-0.25, -0.2) is 9.97 Å². The Hall–Kier alpha value is -6.43. The normalized spacial score (nSPS) is 11.6. The molecule has 5 heteroatoms. The predicted octanol–water partition coefficient (Wildman–Crippen LogP) is 12.5. The van der Waals surface area contributed by atoms with Gasteiger partial charge in [-0.1, -0.05) is 97.1 Å². The zero-order valence-electron chi connectivity index (χ0n) is 26.7. The molecule has 4 nitrogen and oxygen atoms in total. The van der Waals surface area contributed by atoms with Crippen LogP contribution in [0.2, 0.25) is 0 Å². The summed E-state index contributed by atoms with van der Waals surface area (Å²) in [6.45, 7) is 0. The fraction of sp³-hybridized carbons (Fsp3) is 0. The van der Waals surface area contributed by atoms with Crippen LogP contribution in [0, 0.1) is 0 Å². The Balaban J connectivity index is 1.20. The maximum Gasteiger partial charge on any atom is 0.160 e. The van der Waals surface area contributed by atoms with Crippen LogP contribution in [-0.4, -0.2) is 15.0 Å².